The van der Waals surface area contributed by atoms with E-state index in [9.17, 15) is 9.90 Å². The second-order valence-electron chi connectivity index (χ2n) is 6.09. The number of ether oxygens (including phenoxy) is 1. The summed E-state index contributed by atoms with van der Waals surface area (Å²) in [5.74, 6) is -0.356. The number of pyridine rings is 1. The molecule has 0 unspecified atom stereocenters. The number of carbonyl (C=O) groups excluding carboxylic acids is 1. The molecule has 0 bridgehead atoms. The van der Waals surface area contributed by atoms with Gasteiger partial charge in [0.1, 0.15) is 18.6 Å². The van der Waals surface area contributed by atoms with Gasteiger partial charge < -0.3 is 9.84 Å². The molecule has 7 nitrogen and oxygen atoms in total. The number of para-hydroxylation sites is 1. The van der Waals surface area contributed by atoms with Gasteiger partial charge in [-0.2, -0.15) is 8.97 Å². The summed E-state index contributed by atoms with van der Waals surface area (Å²) in [5, 5.41) is 10.8. The Morgan fingerprint density at radius 2 is 1.89 bits per heavy atom. The maximum atomic E-state index is 12.8. The second-order valence-corrected chi connectivity index (χ2v) is 6.09. The maximum Gasteiger partial charge on any atom is 0.392 e. The molecule has 0 atom stereocenters. The number of aromatic nitrogens is 4. The van der Waals surface area contributed by atoms with E-state index in [1.807, 2.05) is 31.2 Å². The quantitative estimate of drug-likeness (QED) is 0.343. The molecule has 134 valence electrons. The van der Waals surface area contributed by atoms with E-state index < -0.39 is 5.97 Å². The zero-order valence-electron chi connectivity index (χ0n) is 14.6. The lowest BCUT2D eigenvalue weighted by Crippen LogP contribution is -2.29. The van der Waals surface area contributed by atoms with Gasteiger partial charge in [0.25, 0.3) is 5.65 Å². The highest BCUT2D eigenvalue weighted by atomic mass is 16.5. The largest absolute Gasteiger partial charge is 0.474 e. The van der Waals surface area contributed by atoms with Crippen LogP contribution in [0.1, 0.15) is 21.6 Å². The first kappa shape index (κ1) is 16.7. The van der Waals surface area contributed by atoms with Crippen molar-refractivity contribution >= 4 is 11.6 Å². The third kappa shape index (κ3) is 3.10. The van der Waals surface area contributed by atoms with Crippen LogP contribution in [0, 0.1) is 6.92 Å². The lowest BCUT2D eigenvalue weighted by atomic mass is 10.2. The molecule has 27 heavy (non-hydrogen) atoms. The van der Waals surface area contributed by atoms with Crippen molar-refractivity contribution in [1.29, 1.82) is 0 Å². The van der Waals surface area contributed by atoms with Gasteiger partial charge in [-0.15, -0.1) is 0 Å². The van der Waals surface area contributed by atoms with Crippen LogP contribution in [0.4, 0.5) is 0 Å². The number of aryl methyl sites for hydroxylation is 1. The molecule has 0 radical (unpaired) electrons. The Balaban J connectivity index is 1.78. The second kappa shape index (κ2) is 6.87. The van der Waals surface area contributed by atoms with Crippen LogP contribution in [0.15, 0.2) is 67.4 Å². The summed E-state index contributed by atoms with van der Waals surface area (Å²) in [7, 11) is 0. The SMILES string of the molecule is Cc1ccccc1OC(=O)c1c(O)n(Cc2cncnc2)c2cccc[n+]12. The summed E-state index contributed by atoms with van der Waals surface area (Å²) in [4.78, 5) is 20.8. The maximum absolute atomic E-state index is 12.8. The minimum absolute atomic E-state index is 0.0608. The third-order valence-electron chi connectivity index (χ3n) is 4.27. The van der Waals surface area contributed by atoms with Crippen LogP contribution in [0.5, 0.6) is 11.6 Å². The molecule has 7 heteroatoms. The van der Waals surface area contributed by atoms with Gasteiger partial charge in [0.2, 0.25) is 0 Å². The van der Waals surface area contributed by atoms with Gasteiger partial charge in [-0.3, -0.25) is 0 Å². The average Bonchev–Trinajstić information content (AvgIpc) is 2.96. The van der Waals surface area contributed by atoms with Crippen molar-refractivity contribution in [3.8, 4) is 11.6 Å². The first-order valence-corrected chi connectivity index (χ1v) is 8.38. The summed E-state index contributed by atoms with van der Waals surface area (Å²) >= 11 is 0. The smallest absolute Gasteiger partial charge is 0.392 e. The molecule has 0 amide bonds. The van der Waals surface area contributed by atoms with Crippen molar-refractivity contribution < 1.29 is 19.0 Å². The normalized spacial score (nSPS) is 10.9. The lowest BCUT2D eigenvalue weighted by Gasteiger charge is -2.04. The first-order valence-electron chi connectivity index (χ1n) is 8.38. The van der Waals surface area contributed by atoms with Crippen LogP contribution >= 0.6 is 0 Å². The molecule has 4 rings (SSSR count). The summed E-state index contributed by atoms with van der Waals surface area (Å²) in [6.45, 7) is 2.17. The molecule has 0 spiro atoms. The lowest BCUT2D eigenvalue weighted by molar-refractivity contribution is -0.514. The van der Waals surface area contributed by atoms with E-state index in [2.05, 4.69) is 9.97 Å². The van der Waals surface area contributed by atoms with Crippen LogP contribution < -0.4 is 9.14 Å². The van der Waals surface area contributed by atoms with Gasteiger partial charge in [0, 0.05) is 24.0 Å². The third-order valence-corrected chi connectivity index (χ3v) is 4.27. The molecule has 0 fully saturated rings. The van der Waals surface area contributed by atoms with E-state index in [1.165, 1.54) is 6.33 Å². The molecule has 0 saturated heterocycles. The highest BCUT2D eigenvalue weighted by Gasteiger charge is 2.32. The number of nitrogens with zero attached hydrogens (tertiary/aromatic N) is 4. The minimum Gasteiger partial charge on any atom is -0.474 e. The number of fused-ring (bicyclic) bond motifs is 1. The van der Waals surface area contributed by atoms with Crippen molar-refractivity contribution in [3.63, 3.8) is 0 Å². The number of hydrogen-bond donors (Lipinski definition) is 1. The molecule has 0 aliphatic rings. The van der Waals surface area contributed by atoms with Crippen LogP contribution in [0.25, 0.3) is 5.65 Å². The molecule has 0 aliphatic heterocycles. The molecular formula is C20H17N4O3+. The van der Waals surface area contributed by atoms with Crippen LogP contribution in [-0.2, 0) is 6.54 Å². The van der Waals surface area contributed by atoms with Crippen molar-refractivity contribution in [2.24, 2.45) is 0 Å². The summed E-state index contributed by atoms with van der Waals surface area (Å²) in [6, 6.07) is 12.7. The van der Waals surface area contributed by atoms with E-state index in [0.717, 1.165) is 11.1 Å². The van der Waals surface area contributed by atoms with E-state index in [4.69, 9.17) is 4.74 Å². The molecule has 1 N–H and O–H groups in total. The Hall–Kier alpha value is -3.74. The fraction of sp³-hybridized carbons (Fsp3) is 0.100. The molecule has 3 heterocycles. The van der Waals surface area contributed by atoms with Crippen molar-refractivity contribution in [3.05, 3.63) is 84.2 Å². The highest BCUT2D eigenvalue weighted by molar-refractivity contribution is 5.90. The number of imidazole rings is 1. The predicted octanol–water partition coefficient (Wildman–Crippen LogP) is 2.30. The zero-order valence-corrected chi connectivity index (χ0v) is 14.6. The van der Waals surface area contributed by atoms with E-state index >= 15 is 0 Å². The molecule has 0 saturated carbocycles. The Morgan fingerprint density at radius 3 is 2.67 bits per heavy atom. The van der Waals surface area contributed by atoms with E-state index in [1.54, 1.807) is 45.8 Å². The van der Waals surface area contributed by atoms with Crippen LogP contribution in [-0.4, -0.2) is 25.6 Å². The van der Waals surface area contributed by atoms with Crippen molar-refractivity contribution in [2.75, 3.05) is 0 Å². The molecule has 0 aliphatic carbocycles. The van der Waals surface area contributed by atoms with Gasteiger partial charge >= 0.3 is 17.5 Å². The Bertz CT molecular complexity index is 1120. The Kier molecular flexibility index (Phi) is 4.25. The highest BCUT2D eigenvalue weighted by Crippen LogP contribution is 2.23. The number of esters is 1. The predicted molar refractivity (Wildman–Crippen MR) is 96.5 cm³/mol. The molecule has 4 aromatic rings. The van der Waals surface area contributed by atoms with Gasteiger partial charge in [0.05, 0.1) is 6.20 Å². The van der Waals surface area contributed by atoms with Crippen LogP contribution in [0.2, 0.25) is 0 Å². The average molecular weight is 361 g/mol. The minimum atomic E-state index is -0.633. The number of benzene rings is 1. The standard InChI is InChI=1S/C20H16N4O3/c1-14-6-2-3-7-16(14)27-20(26)18-19(25)24(12-15-10-21-13-22-11-15)17-8-4-5-9-23(17)18/h2-11,13H,12H2,1H3/p+1. The number of rotatable bonds is 4. The van der Waals surface area contributed by atoms with Gasteiger partial charge in [-0.1, -0.05) is 24.3 Å². The molecule has 1 aromatic carbocycles. The molecular weight excluding hydrogens is 344 g/mol. The first-order chi connectivity index (χ1) is 13.1. The number of aromatic hydroxyl groups is 1. The number of hydrogen-bond acceptors (Lipinski definition) is 5. The van der Waals surface area contributed by atoms with E-state index in [-0.39, 0.29) is 11.6 Å². The Morgan fingerprint density at radius 1 is 1.15 bits per heavy atom. The van der Waals surface area contributed by atoms with Gasteiger partial charge in [-0.25, -0.2) is 14.8 Å². The fourth-order valence-electron chi connectivity index (χ4n) is 2.95. The van der Waals surface area contributed by atoms with Crippen molar-refractivity contribution in [2.45, 2.75) is 13.5 Å². The Labute approximate surface area is 155 Å². The van der Waals surface area contributed by atoms with Gasteiger partial charge in [0.15, 0.2) is 0 Å². The topological polar surface area (TPSA) is 81.3 Å². The van der Waals surface area contributed by atoms with Crippen LogP contribution in [0.3, 0.4) is 0 Å². The molecule has 3 aromatic heterocycles. The summed E-state index contributed by atoms with van der Waals surface area (Å²) in [6.07, 6.45) is 6.48. The van der Waals surface area contributed by atoms with Gasteiger partial charge in [-0.05, 0) is 24.6 Å². The zero-order chi connectivity index (χ0) is 18.8. The van der Waals surface area contributed by atoms with E-state index in [0.29, 0.717) is 17.9 Å². The monoisotopic (exact) mass is 361 g/mol. The number of carbonyl (C=O) groups is 1. The summed E-state index contributed by atoms with van der Waals surface area (Å²) < 4.78 is 8.75. The summed E-state index contributed by atoms with van der Waals surface area (Å²) in [5.41, 5.74) is 2.34. The fourth-order valence-corrected chi connectivity index (χ4v) is 2.95. The van der Waals surface area contributed by atoms with Crippen molar-refractivity contribution in [1.82, 2.24) is 14.5 Å².